The van der Waals surface area contributed by atoms with E-state index in [1.54, 1.807) is 13.8 Å². The zero-order valence-electron chi connectivity index (χ0n) is 9.72. The molecule has 0 aromatic heterocycles. The van der Waals surface area contributed by atoms with Gasteiger partial charge in [-0.1, -0.05) is 28.7 Å². The fourth-order valence-electron chi connectivity index (χ4n) is 1.59. The molecule has 0 saturated carbocycles. The van der Waals surface area contributed by atoms with E-state index in [2.05, 4.69) is 4.74 Å². The van der Waals surface area contributed by atoms with Gasteiger partial charge >= 0.3 is 5.97 Å². The summed E-state index contributed by atoms with van der Waals surface area (Å²) in [4.78, 5) is 22.7. The molecule has 0 heterocycles. The molecule has 3 heteroatoms. The van der Waals surface area contributed by atoms with Crippen LogP contribution in [0.25, 0.3) is 0 Å². The van der Waals surface area contributed by atoms with Crippen LogP contribution in [-0.4, -0.2) is 18.9 Å². The number of ketones is 1. The van der Waals surface area contributed by atoms with E-state index in [-0.39, 0.29) is 32.5 Å². The Kier molecular flexibility index (Phi) is 10.7. The van der Waals surface area contributed by atoms with Gasteiger partial charge in [-0.2, -0.15) is 0 Å². The number of carbonyl (C=O) groups is 2. The summed E-state index contributed by atoms with van der Waals surface area (Å²) >= 11 is 0. The van der Waals surface area contributed by atoms with E-state index in [1.807, 2.05) is 13.8 Å². The van der Waals surface area contributed by atoms with Gasteiger partial charge in [0.25, 0.3) is 0 Å². The van der Waals surface area contributed by atoms with Crippen LogP contribution in [0.5, 0.6) is 0 Å². The molecule has 0 N–H and O–H groups in total. The van der Waals surface area contributed by atoms with E-state index in [4.69, 9.17) is 0 Å². The second kappa shape index (κ2) is 8.31. The zero-order valence-corrected chi connectivity index (χ0v) is 9.72. The van der Waals surface area contributed by atoms with Gasteiger partial charge in [-0.05, 0) is 20.3 Å². The highest BCUT2D eigenvalue weighted by Crippen LogP contribution is 2.27. The molecule has 0 aliphatic carbocycles. The number of methoxy groups -OCH3 is 1. The van der Waals surface area contributed by atoms with Crippen molar-refractivity contribution in [1.82, 2.24) is 0 Å². The van der Waals surface area contributed by atoms with Crippen LogP contribution in [0.4, 0.5) is 0 Å². The van der Waals surface area contributed by atoms with Crippen molar-refractivity contribution in [3.8, 4) is 0 Å². The Morgan fingerprint density at radius 3 is 2.00 bits per heavy atom. The lowest BCUT2D eigenvalue weighted by atomic mass is 9.81. The van der Waals surface area contributed by atoms with E-state index in [9.17, 15) is 9.59 Å². The van der Waals surface area contributed by atoms with Crippen LogP contribution in [-0.2, 0) is 14.3 Å². The molecule has 0 rings (SSSR count). The topological polar surface area (TPSA) is 43.4 Å². The molecule has 0 aliphatic rings. The first-order valence-electron chi connectivity index (χ1n) is 4.96. The van der Waals surface area contributed by atoms with Crippen molar-refractivity contribution in [1.29, 1.82) is 0 Å². The Morgan fingerprint density at radius 1 is 1.25 bits per heavy atom. The first kappa shape index (κ1) is 20.5. The van der Waals surface area contributed by atoms with Crippen LogP contribution >= 0.6 is 0 Å². The standard InChI is InChI=1S/C11H20O3.2CH4/c1-6-9(12)8(2)7-11(3,4)10(13)14-5;;/h8H,6-7H2,1-5H3;2*1H4. The second-order valence-corrected chi connectivity index (χ2v) is 4.30. The molecule has 0 fully saturated rings. The zero-order chi connectivity index (χ0) is 11.4. The Labute approximate surface area is 101 Å². The second-order valence-electron chi connectivity index (χ2n) is 4.30. The lowest BCUT2D eigenvalue weighted by Crippen LogP contribution is -2.29. The van der Waals surface area contributed by atoms with Gasteiger partial charge in [0.1, 0.15) is 5.78 Å². The average Bonchev–Trinajstić information content (AvgIpc) is 2.14. The summed E-state index contributed by atoms with van der Waals surface area (Å²) < 4.78 is 4.68. The highest BCUT2D eigenvalue weighted by Gasteiger charge is 2.32. The summed E-state index contributed by atoms with van der Waals surface area (Å²) in [6, 6.07) is 0. The highest BCUT2D eigenvalue weighted by molar-refractivity contribution is 5.82. The van der Waals surface area contributed by atoms with Crippen molar-refractivity contribution in [2.24, 2.45) is 11.3 Å². The summed E-state index contributed by atoms with van der Waals surface area (Å²) in [6.45, 7) is 7.30. The van der Waals surface area contributed by atoms with Crippen LogP contribution < -0.4 is 0 Å². The Hall–Kier alpha value is -0.860. The first-order chi connectivity index (χ1) is 6.35. The fourth-order valence-corrected chi connectivity index (χ4v) is 1.59. The molecule has 0 spiro atoms. The lowest BCUT2D eigenvalue weighted by Gasteiger charge is -2.24. The van der Waals surface area contributed by atoms with E-state index >= 15 is 0 Å². The molecule has 0 bridgehead atoms. The number of ether oxygens (including phenoxy) is 1. The number of Topliss-reactive ketones (excluding diaryl/α,β-unsaturated/α-hetero) is 1. The molecule has 0 aliphatic heterocycles. The third-order valence-electron chi connectivity index (χ3n) is 2.45. The largest absolute Gasteiger partial charge is 0.469 e. The molecule has 0 aromatic carbocycles. The van der Waals surface area contributed by atoms with Crippen molar-refractivity contribution in [3.63, 3.8) is 0 Å². The Balaban J connectivity index is -0.000000845. The van der Waals surface area contributed by atoms with Crippen molar-refractivity contribution in [2.75, 3.05) is 7.11 Å². The number of hydrogen-bond acceptors (Lipinski definition) is 3. The lowest BCUT2D eigenvalue weighted by molar-refractivity contribution is -0.152. The van der Waals surface area contributed by atoms with Crippen molar-refractivity contribution < 1.29 is 14.3 Å². The molecule has 0 radical (unpaired) electrons. The minimum atomic E-state index is -0.570. The average molecular weight is 232 g/mol. The normalized spacial score (nSPS) is 11.8. The first-order valence-corrected chi connectivity index (χ1v) is 4.96. The van der Waals surface area contributed by atoms with Crippen LogP contribution in [0.1, 0.15) is 55.4 Å². The maximum Gasteiger partial charge on any atom is 0.311 e. The minimum Gasteiger partial charge on any atom is -0.469 e. The van der Waals surface area contributed by atoms with E-state index in [1.165, 1.54) is 7.11 Å². The summed E-state index contributed by atoms with van der Waals surface area (Å²) in [5.74, 6) is -0.135. The third-order valence-corrected chi connectivity index (χ3v) is 2.45. The SMILES string of the molecule is C.C.CCC(=O)C(C)CC(C)(C)C(=O)OC. The van der Waals surface area contributed by atoms with Gasteiger partial charge in [-0.3, -0.25) is 9.59 Å². The molecule has 0 saturated heterocycles. The quantitative estimate of drug-likeness (QED) is 0.682. The molecule has 0 amide bonds. The molecule has 0 aromatic rings. The van der Waals surface area contributed by atoms with Crippen LogP contribution in [0.15, 0.2) is 0 Å². The third kappa shape index (κ3) is 5.89. The summed E-state index contributed by atoms with van der Waals surface area (Å²) in [6.07, 6.45) is 1.07. The molecule has 1 atom stereocenters. The Bertz CT molecular complexity index is 219. The molecule has 16 heavy (non-hydrogen) atoms. The van der Waals surface area contributed by atoms with Crippen LogP contribution in [0, 0.1) is 11.3 Å². The highest BCUT2D eigenvalue weighted by atomic mass is 16.5. The fraction of sp³-hybridized carbons (Fsp3) is 0.846. The van der Waals surface area contributed by atoms with Gasteiger partial charge in [0.05, 0.1) is 12.5 Å². The number of rotatable bonds is 5. The van der Waals surface area contributed by atoms with Crippen LogP contribution in [0.2, 0.25) is 0 Å². The molecule has 1 unspecified atom stereocenters. The van der Waals surface area contributed by atoms with Crippen molar-refractivity contribution >= 4 is 11.8 Å². The molecule has 3 nitrogen and oxygen atoms in total. The van der Waals surface area contributed by atoms with Gasteiger partial charge in [-0.25, -0.2) is 0 Å². The summed E-state index contributed by atoms with van der Waals surface area (Å²) in [5, 5.41) is 0. The Morgan fingerprint density at radius 2 is 1.69 bits per heavy atom. The van der Waals surface area contributed by atoms with Crippen LogP contribution in [0.3, 0.4) is 0 Å². The number of esters is 1. The van der Waals surface area contributed by atoms with Crippen molar-refractivity contribution in [2.45, 2.75) is 55.4 Å². The number of carbonyl (C=O) groups excluding carboxylic acids is 2. The predicted octanol–water partition coefficient (Wildman–Crippen LogP) is 3.46. The minimum absolute atomic E-state index is 0. The van der Waals surface area contributed by atoms with E-state index in [0.717, 1.165) is 0 Å². The monoisotopic (exact) mass is 232 g/mol. The maximum atomic E-state index is 11.3. The van der Waals surface area contributed by atoms with Crippen molar-refractivity contribution in [3.05, 3.63) is 0 Å². The van der Waals surface area contributed by atoms with Gasteiger partial charge in [0.15, 0.2) is 0 Å². The molecule has 98 valence electrons. The molecular weight excluding hydrogens is 204 g/mol. The van der Waals surface area contributed by atoms with E-state index in [0.29, 0.717) is 12.8 Å². The smallest absolute Gasteiger partial charge is 0.311 e. The number of hydrogen-bond donors (Lipinski definition) is 0. The van der Waals surface area contributed by atoms with Gasteiger partial charge in [0, 0.05) is 12.3 Å². The van der Waals surface area contributed by atoms with E-state index < -0.39 is 5.41 Å². The van der Waals surface area contributed by atoms with Gasteiger partial charge < -0.3 is 4.74 Å². The predicted molar refractivity (Wildman–Crippen MR) is 68.3 cm³/mol. The maximum absolute atomic E-state index is 11.3. The summed E-state index contributed by atoms with van der Waals surface area (Å²) in [7, 11) is 1.37. The van der Waals surface area contributed by atoms with Gasteiger partial charge in [0.2, 0.25) is 0 Å². The molecular formula is C13H28O3. The van der Waals surface area contributed by atoms with Gasteiger partial charge in [-0.15, -0.1) is 0 Å². The summed E-state index contributed by atoms with van der Waals surface area (Å²) in [5.41, 5.74) is -0.570.